The number of rotatable bonds is 2. The number of carbonyl (C=O) groups is 3. The first-order valence-electron chi connectivity index (χ1n) is 10.8. The second-order valence-corrected chi connectivity index (χ2v) is 8.93. The lowest BCUT2D eigenvalue weighted by molar-refractivity contribution is -0.125. The van der Waals surface area contributed by atoms with Crippen molar-refractivity contribution < 1.29 is 14.4 Å². The number of nitrogens with zero attached hydrogens (tertiary/aromatic N) is 3. The number of aryl methyl sites for hydroxylation is 1. The first-order valence-corrected chi connectivity index (χ1v) is 10.8. The van der Waals surface area contributed by atoms with Crippen LogP contribution in [0.3, 0.4) is 0 Å². The van der Waals surface area contributed by atoms with Crippen molar-refractivity contribution in [1.29, 1.82) is 0 Å². The number of urea groups is 1. The average Bonchev–Trinajstić information content (AvgIpc) is 3.26. The summed E-state index contributed by atoms with van der Waals surface area (Å²) < 4.78 is 0. The van der Waals surface area contributed by atoms with Gasteiger partial charge in [-0.3, -0.25) is 19.9 Å². The molecule has 6 rings (SSSR count). The molecule has 1 aromatic heterocycles. The molecule has 4 amide bonds. The van der Waals surface area contributed by atoms with Crippen molar-refractivity contribution in [3.8, 4) is 0 Å². The highest BCUT2D eigenvalue weighted by atomic mass is 16.2. The molecule has 7 nitrogen and oxygen atoms in total. The van der Waals surface area contributed by atoms with Gasteiger partial charge in [-0.15, -0.1) is 0 Å². The van der Waals surface area contributed by atoms with Crippen LogP contribution >= 0.6 is 0 Å². The standard InChI is InChI=1S/C25H22N4O3/c1-28-24(32)27-23(31)25(28)12-17-10-16-6-8-19(26-20(16)11-18(17)13-25)14-29-21-5-3-2-4-15(21)7-9-22(29)30/h2-6,8,10-11H,7,9,12-14H2,1H3,(H,27,31,32). The number of para-hydroxylation sites is 1. The molecule has 3 aromatic rings. The van der Waals surface area contributed by atoms with Crippen LogP contribution in [0.2, 0.25) is 0 Å². The molecule has 1 unspecified atom stereocenters. The summed E-state index contributed by atoms with van der Waals surface area (Å²) in [5.41, 5.74) is 5.07. The Morgan fingerprint density at radius 1 is 0.969 bits per heavy atom. The van der Waals surface area contributed by atoms with Gasteiger partial charge in [-0.25, -0.2) is 4.79 Å². The second kappa shape index (κ2) is 6.63. The fourth-order valence-electron chi connectivity index (χ4n) is 5.29. The minimum Gasteiger partial charge on any atom is -0.312 e. The Morgan fingerprint density at radius 3 is 2.53 bits per heavy atom. The van der Waals surface area contributed by atoms with Gasteiger partial charge >= 0.3 is 6.03 Å². The van der Waals surface area contributed by atoms with E-state index >= 15 is 0 Å². The van der Waals surface area contributed by atoms with Gasteiger partial charge in [0.1, 0.15) is 5.54 Å². The summed E-state index contributed by atoms with van der Waals surface area (Å²) >= 11 is 0. The number of amides is 4. The molecule has 3 heterocycles. The predicted octanol–water partition coefficient (Wildman–Crippen LogP) is 2.73. The van der Waals surface area contributed by atoms with Gasteiger partial charge in [0, 0.05) is 37.4 Å². The van der Waals surface area contributed by atoms with Crippen LogP contribution in [0, 0.1) is 0 Å². The van der Waals surface area contributed by atoms with Gasteiger partial charge in [0.25, 0.3) is 5.91 Å². The molecule has 0 saturated carbocycles. The number of imide groups is 1. The predicted molar refractivity (Wildman–Crippen MR) is 119 cm³/mol. The Balaban J connectivity index is 1.34. The van der Waals surface area contributed by atoms with E-state index in [1.165, 1.54) is 10.5 Å². The van der Waals surface area contributed by atoms with E-state index in [1.54, 1.807) is 7.05 Å². The van der Waals surface area contributed by atoms with E-state index in [4.69, 9.17) is 4.98 Å². The SMILES string of the molecule is CN1C(=O)NC(=O)C12Cc1cc3ccc(CN4C(=O)CCc5ccccc54)nc3cc1C2. The molecule has 7 heteroatoms. The first-order chi connectivity index (χ1) is 15.4. The van der Waals surface area contributed by atoms with Gasteiger partial charge in [0.15, 0.2) is 0 Å². The third-order valence-electron chi connectivity index (χ3n) is 7.14. The number of benzene rings is 2. The molecule has 1 fully saturated rings. The van der Waals surface area contributed by atoms with Crippen molar-refractivity contribution >= 4 is 34.4 Å². The molecule has 1 spiro atoms. The zero-order valence-electron chi connectivity index (χ0n) is 17.7. The van der Waals surface area contributed by atoms with Gasteiger partial charge in [-0.1, -0.05) is 24.3 Å². The first kappa shape index (κ1) is 19.0. The number of hydrogen-bond donors (Lipinski definition) is 1. The van der Waals surface area contributed by atoms with Gasteiger partial charge in [0.05, 0.1) is 17.8 Å². The van der Waals surface area contributed by atoms with Crippen LogP contribution in [0.4, 0.5) is 10.5 Å². The van der Waals surface area contributed by atoms with E-state index in [2.05, 4.69) is 17.4 Å². The summed E-state index contributed by atoms with van der Waals surface area (Å²) in [6.45, 7) is 0.423. The lowest BCUT2D eigenvalue weighted by atomic mass is 9.95. The second-order valence-electron chi connectivity index (χ2n) is 8.93. The molecule has 0 radical (unpaired) electrons. The molecule has 1 N–H and O–H groups in total. The maximum atomic E-state index is 12.6. The topological polar surface area (TPSA) is 82.6 Å². The lowest BCUT2D eigenvalue weighted by Crippen LogP contribution is -2.48. The number of aromatic nitrogens is 1. The number of pyridine rings is 1. The number of fused-ring (bicyclic) bond motifs is 3. The van der Waals surface area contributed by atoms with Crippen molar-refractivity contribution in [2.24, 2.45) is 0 Å². The fourth-order valence-corrected chi connectivity index (χ4v) is 5.29. The average molecular weight is 426 g/mol. The summed E-state index contributed by atoms with van der Waals surface area (Å²) in [6.07, 6.45) is 2.27. The highest BCUT2D eigenvalue weighted by molar-refractivity contribution is 6.08. The Bertz CT molecular complexity index is 1330. The molecule has 0 bridgehead atoms. The highest BCUT2D eigenvalue weighted by Gasteiger charge is 2.54. The Labute approximate surface area is 185 Å². The van der Waals surface area contributed by atoms with Gasteiger partial charge in [-0.2, -0.15) is 0 Å². The van der Waals surface area contributed by atoms with Crippen molar-refractivity contribution in [1.82, 2.24) is 15.2 Å². The zero-order chi connectivity index (χ0) is 22.0. The van der Waals surface area contributed by atoms with E-state index < -0.39 is 5.54 Å². The quantitative estimate of drug-likeness (QED) is 0.639. The van der Waals surface area contributed by atoms with E-state index in [9.17, 15) is 14.4 Å². The Hall–Kier alpha value is -3.74. The van der Waals surface area contributed by atoms with Crippen molar-refractivity contribution in [2.45, 2.75) is 37.8 Å². The van der Waals surface area contributed by atoms with E-state index in [1.807, 2.05) is 41.3 Å². The molecule has 2 aliphatic heterocycles. The number of carbonyl (C=O) groups excluding carboxylic acids is 3. The molecular formula is C25H22N4O3. The van der Waals surface area contributed by atoms with Gasteiger partial charge in [0.2, 0.25) is 5.91 Å². The van der Waals surface area contributed by atoms with Crippen LogP contribution in [0.15, 0.2) is 48.5 Å². The molecule has 160 valence electrons. The number of anilines is 1. The van der Waals surface area contributed by atoms with Crippen molar-refractivity contribution in [3.05, 3.63) is 70.9 Å². The van der Waals surface area contributed by atoms with Gasteiger partial charge < -0.3 is 9.80 Å². The van der Waals surface area contributed by atoms with Crippen LogP contribution in [0.1, 0.15) is 28.8 Å². The van der Waals surface area contributed by atoms with Crippen molar-refractivity contribution in [2.75, 3.05) is 11.9 Å². The van der Waals surface area contributed by atoms with E-state index in [0.29, 0.717) is 25.8 Å². The molecule has 2 aromatic carbocycles. The largest absolute Gasteiger partial charge is 0.324 e. The molecule has 1 atom stereocenters. The summed E-state index contributed by atoms with van der Waals surface area (Å²) in [5.74, 6) is -0.123. The third-order valence-corrected chi connectivity index (χ3v) is 7.14. The van der Waals surface area contributed by atoms with Crippen LogP contribution in [0.25, 0.3) is 10.9 Å². The van der Waals surface area contributed by atoms with Crippen molar-refractivity contribution in [3.63, 3.8) is 0 Å². The van der Waals surface area contributed by atoms with Gasteiger partial charge in [-0.05, 0) is 47.4 Å². The summed E-state index contributed by atoms with van der Waals surface area (Å²) in [5, 5.41) is 3.43. The normalized spacial score (nSPS) is 22.0. The minimum absolute atomic E-state index is 0.112. The number of nitrogens with one attached hydrogen (secondary N) is 1. The zero-order valence-corrected chi connectivity index (χ0v) is 17.7. The molecule has 3 aliphatic rings. The molecule has 1 saturated heterocycles. The summed E-state index contributed by atoms with van der Waals surface area (Å²) in [4.78, 5) is 45.4. The minimum atomic E-state index is -0.844. The van der Waals surface area contributed by atoms with Crippen LogP contribution in [-0.2, 0) is 35.4 Å². The molecule has 32 heavy (non-hydrogen) atoms. The maximum Gasteiger partial charge on any atom is 0.324 e. The van der Waals surface area contributed by atoms with Crippen LogP contribution < -0.4 is 10.2 Å². The number of likely N-dealkylation sites (N-methyl/N-ethyl adjacent to an activating group) is 1. The number of hydrogen-bond acceptors (Lipinski definition) is 4. The smallest absolute Gasteiger partial charge is 0.312 e. The monoisotopic (exact) mass is 426 g/mol. The summed E-state index contributed by atoms with van der Waals surface area (Å²) in [7, 11) is 1.68. The third kappa shape index (κ3) is 2.67. The Morgan fingerprint density at radius 2 is 1.75 bits per heavy atom. The fraction of sp³-hybridized carbons (Fsp3) is 0.280. The van der Waals surface area contributed by atoms with Crippen LogP contribution in [-0.4, -0.2) is 40.3 Å². The highest BCUT2D eigenvalue weighted by Crippen LogP contribution is 2.38. The van der Waals surface area contributed by atoms with Crippen LogP contribution in [0.5, 0.6) is 0 Å². The Kier molecular flexibility index (Phi) is 3.93. The molecular weight excluding hydrogens is 404 g/mol. The summed E-state index contributed by atoms with van der Waals surface area (Å²) in [6, 6.07) is 15.8. The van der Waals surface area contributed by atoms with E-state index in [-0.39, 0.29) is 17.8 Å². The molecule has 1 aliphatic carbocycles. The van der Waals surface area contributed by atoms with E-state index in [0.717, 1.165) is 39.8 Å². The maximum absolute atomic E-state index is 12.6. The lowest BCUT2D eigenvalue weighted by Gasteiger charge is -2.29.